The van der Waals surface area contributed by atoms with Gasteiger partial charge in [0.05, 0.1) is 18.2 Å². The van der Waals surface area contributed by atoms with Gasteiger partial charge in [0.1, 0.15) is 22.6 Å². The number of hydrogen-bond acceptors (Lipinski definition) is 9. The molecule has 12 nitrogen and oxygen atoms in total. The Bertz CT molecular complexity index is 3690. The molecule has 0 aliphatic carbocycles. The number of aromatic carboxylic acids is 1. The Morgan fingerprint density at radius 1 is 0.479 bits per heavy atom. The third-order valence-electron chi connectivity index (χ3n) is 12.9. The minimum absolute atomic E-state index is 0.00755. The van der Waals surface area contributed by atoms with Crippen molar-refractivity contribution in [1.29, 1.82) is 0 Å². The highest BCUT2D eigenvalue weighted by molar-refractivity contribution is 6.23. The second-order valence-electron chi connectivity index (χ2n) is 17.1. The lowest BCUT2D eigenvalue weighted by atomic mass is 9.95. The Labute approximate surface area is 409 Å². The van der Waals surface area contributed by atoms with Gasteiger partial charge in [-0.3, -0.25) is 9.59 Å². The first-order valence-electron chi connectivity index (χ1n) is 23.1. The Hall–Kier alpha value is -9.16. The number of aromatic nitrogens is 2. The van der Waals surface area contributed by atoms with Crippen LogP contribution in [0.5, 0.6) is 11.5 Å². The molecule has 10 rings (SSSR count). The predicted octanol–water partition coefficient (Wildman–Crippen LogP) is 11.8. The highest BCUT2D eigenvalue weighted by atomic mass is 16.5. The number of para-hydroxylation sites is 2. The van der Waals surface area contributed by atoms with Crippen LogP contribution < -0.4 is 10.6 Å². The van der Waals surface area contributed by atoms with E-state index in [1.54, 1.807) is 18.2 Å². The van der Waals surface area contributed by atoms with E-state index in [1.165, 1.54) is 25.3 Å². The van der Waals surface area contributed by atoms with Crippen LogP contribution in [-0.4, -0.2) is 68.2 Å². The molecule has 71 heavy (non-hydrogen) atoms. The molecule has 0 saturated heterocycles. The topological polar surface area (TPSA) is 172 Å². The number of carbonyl (C=O) groups excluding carboxylic acids is 3. The summed E-state index contributed by atoms with van der Waals surface area (Å²) in [6.45, 7) is 6.16. The van der Waals surface area contributed by atoms with Crippen LogP contribution >= 0.6 is 0 Å². The van der Waals surface area contributed by atoms with E-state index in [4.69, 9.17) is 4.74 Å². The van der Waals surface area contributed by atoms with Gasteiger partial charge in [0, 0.05) is 81.9 Å². The van der Waals surface area contributed by atoms with Crippen molar-refractivity contribution in [2.24, 2.45) is 0 Å². The van der Waals surface area contributed by atoms with Crippen molar-refractivity contribution >= 4 is 78.2 Å². The third-order valence-corrected chi connectivity index (χ3v) is 12.9. The average Bonchev–Trinajstić information content (AvgIpc) is 3.84. The number of esters is 1. The maximum atomic E-state index is 13.9. The zero-order valence-corrected chi connectivity index (χ0v) is 39.3. The molecule has 0 amide bonds. The number of phenolic OH excluding ortho intramolecular Hbond substituents is 1. The molecule has 0 fully saturated rings. The summed E-state index contributed by atoms with van der Waals surface area (Å²) in [6, 6.07) is 52.4. The Kier molecular flexibility index (Phi) is 13.4. The zero-order valence-electron chi connectivity index (χ0n) is 39.3. The quantitative estimate of drug-likeness (QED) is 0.0401. The summed E-state index contributed by atoms with van der Waals surface area (Å²) in [6.07, 6.45) is 0. The molecular formula is C59H50N4O8. The highest BCUT2D eigenvalue weighted by Crippen LogP contribution is 2.33. The average molecular weight is 943 g/mol. The van der Waals surface area contributed by atoms with Crippen molar-refractivity contribution in [3.63, 3.8) is 0 Å². The van der Waals surface area contributed by atoms with Crippen molar-refractivity contribution in [2.75, 3.05) is 30.8 Å². The SMILES string of the molecule is COC(=O)c1cc(NCCn2c(C)c(C(=O)c3cccc4ccccc34)c3ccccc32)ccc1O.Cc1c(C(=O)c2cccc3ccccc23)c2ccccc2n1CCNc1ccc(O)c(C(=O)O)c1. The highest BCUT2D eigenvalue weighted by Gasteiger charge is 2.24. The number of nitrogens with zero attached hydrogens (tertiary/aromatic N) is 2. The van der Waals surface area contributed by atoms with Gasteiger partial charge in [-0.05, 0) is 83.9 Å². The summed E-state index contributed by atoms with van der Waals surface area (Å²) in [4.78, 5) is 50.9. The lowest BCUT2D eigenvalue weighted by Gasteiger charge is -2.12. The van der Waals surface area contributed by atoms with E-state index in [9.17, 15) is 34.5 Å². The normalized spacial score (nSPS) is 11.1. The number of rotatable bonds is 14. The fraction of sp³-hybridized carbons (Fsp3) is 0.119. The molecule has 0 saturated carbocycles. The van der Waals surface area contributed by atoms with Crippen LogP contribution in [0.4, 0.5) is 11.4 Å². The number of fused-ring (bicyclic) bond motifs is 4. The second-order valence-corrected chi connectivity index (χ2v) is 17.1. The number of anilines is 2. The second kappa shape index (κ2) is 20.2. The van der Waals surface area contributed by atoms with Crippen LogP contribution in [0.3, 0.4) is 0 Å². The molecule has 0 unspecified atom stereocenters. The van der Waals surface area contributed by atoms with Crippen LogP contribution in [-0.2, 0) is 17.8 Å². The molecule has 0 radical (unpaired) electrons. The largest absolute Gasteiger partial charge is 0.507 e. The zero-order chi connectivity index (χ0) is 49.8. The standard InChI is InChI=1S/C30H26N2O4.C29H24N2O4/c1-19-28(29(34)23-12-7-9-20-8-3-4-10-22(20)23)24-11-5-6-13-26(24)32(19)17-16-31-21-14-15-27(33)25(18-21)30(35)36-2;1-18-27(28(33)22-11-6-8-19-7-2-3-9-21(19)22)23-10-4-5-12-25(23)31(18)16-15-30-20-13-14-26(32)24(17-20)29(34)35/h3-15,18,31,33H,16-17H2,1-2H3;2-14,17,30,32H,15-16H2,1H3,(H,34,35). The number of aromatic hydroxyl groups is 2. The molecule has 2 heterocycles. The maximum Gasteiger partial charge on any atom is 0.341 e. The van der Waals surface area contributed by atoms with E-state index in [1.807, 2.05) is 147 Å². The Morgan fingerprint density at radius 2 is 0.873 bits per heavy atom. The lowest BCUT2D eigenvalue weighted by molar-refractivity contribution is 0.0596. The van der Waals surface area contributed by atoms with Gasteiger partial charge in [0.2, 0.25) is 0 Å². The van der Waals surface area contributed by atoms with Gasteiger partial charge in [-0.15, -0.1) is 0 Å². The molecule has 5 N–H and O–H groups in total. The van der Waals surface area contributed by atoms with Gasteiger partial charge in [-0.2, -0.15) is 0 Å². The number of methoxy groups -OCH3 is 1. The molecule has 0 aliphatic rings. The molecular weight excluding hydrogens is 893 g/mol. The molecule has 0 bridgehead atoms. The van der Waals surface area contributed by atoms with Crippen LogP contribution in [0.1, 0.15) is 63.9 Å². The number of ketones is 2. The molecule has 8 aromatic carbocycles. The number of ether oxygens (including phenoxy) is 1. The van der Waals surface area contributed by atoms with Gasteiger partial charge in [-0.1, -0.05) is 121 Å². The smallest absolute Gasteiger partial charge is 0.341 e. The fourth-order valence-electron chi connectivity index (χ4n) is 9.49. The van der Waals surface area contributed by atoms with Crippen molar-refractivity contribution in [3.8, 4) is 11.5 Å². The number of carbonyl (C=O) groups is 4. The number of carboxylic acid groups (broad SMARTS) is 1. The number of benzene rings is 8. The molecule has 354 valence electrons. The monoisotopic (exact) mass is 942 g/mol. The third kappa shape index (κ3) is 9.26. The minimum Gasteiger partial charge on any atom is -0.507 e. The van der Waals surface area contributed by atoms with E-state index >= 15 is 0 Å². The molecule has 0 spiro atoms. The molecule has 0 aliphatic heterocycles. The van der Waals surface area contributed by atoms with Crippen molar-refractivity contribution < 1.29 is 39.2 Å². The van der Waals surface area contributed by atoms with Crippen LogP contribution in [0.2, 0.25) is 0 Å². The summed E-state index contributed by atoms with van der Waals surface area (Å²) in [5.41, 5.74) is 7.74. The van der Waals surface area contributed by atoms with Gasteiger partial charge < -0.3 is 39.8 Å². The van der Waals surface area contributed by atoms with Gasteiger partial charge >= 0.3 is 11.9 Å². The number of phenols is 2. The van der Waals surface area contributed by atoms with E-state index in [0.29, 0.717) is 59.8 Å². The van der Waals surface area contributed by atoms with E-state index < -0.39 is 11.9 Å². The van der Waals surface area contributed by atoms with E-state index in [-0.39, 0.29) is 34.2 Å². The molecule has 10 aromatic rings. The molecule has 12 heteroatoms. The first-order valence-corrected chi connectivity index (χ1v) is 23.1. The van der Waals surface area contributed by atoms with Crippen molar-refractivity contribution in [3.05, 3.63) is 215 Å². The lowest BCUT2D eigenvalue weighted by Crippen LogP contribution is -2.13. The van der Waals surface area contributed by atoms with E-state index in [0.717, 1.165) is 54.7 Å². The van der Waals surface area contributed by atoms with Crippen LogP contribution in [0.15, 0.2) is 170 Å². The first kappa shape index (κ1) is 46.9. The minimum atomic E-state index is -1.19. The van der Waals surface area contributed by atoms with E-state index in [2.05, 4.69) is 19.8 Å². The van der Waals surface area contributed by atoms with Crippen molar-refractivity contribution in [1.82, 2.24) is 9.13 Å². The first-order chi connectivity index (χ1) is 34.4. The van der Waals surface area contributed by atoms with Crippen molar-refractivity contribution in [2.45, 2.75) is 26.9 Å². The van der Waals surface area contributed by atoms with Gasteiger partial charge in [-0.25, -0.2) is 9.59 Å². The summed E-state index contributed by atoms with van der Waals surface area (Å²) < 4.78 is 8.99. The molecule has 0 atom stereocenters. The number of hydrogen-bond donors (Lipinski definition) is 5. The molecule has 2 aromatic heterocycles. The summed E-state index contributed by atoms with van der Waals surface area (Å²) >= 11 is 0. The fourth-order valence-corrected chi connectivity index (χ4v) is 9.49. The van der Waals surface area contributed by atoms with Crippen LogP contribution in [0.25, 0.3) is 43.4 Å². The Balaban J connectivity index is 0.000000176. The van der Waals surface area contributed by atoms with Gasteiger partial charge in [0.25, 0.3) is 0 Å². The summed E-state index contributed by atoms with van der Waals surface area (Å²) in [7, 11) is 1.28. The summed E-state index contributed by atoms with van der Waals surface area (Å²) in [5.74, 6) is -2.18. The van der Waals surface area contributed by atoms with Crippen LogP contribution in [0, 0.1) is 13.8 Å². The maximum absolute atomic E-state index is 13.9. The predicted molar refractivity (Wildman–Crippen MR) is 280 cm³/mol. The number of nitrogens with one attached hydrogen (secondary N) is 2. The van der Waals surface area contributed by atoms with Gasteiger partial charge in [0.15, 0.2) is 11.6 Å². The summed E-state index contributed by atoms with van der Waals surface area (Å²) in [5, 5.41) is 41.2. The number of carboxylic acids is 1. The Morgan fingerprint density at radius 3 is 1.32 bits per heavy atom.